The van der Waals surface area contributed by atoms with Crippen LogP contribution in [0.1, 0.15) is 90.9 Å². The third-order valence-electron chi connectivity index (χ3n) is 4.60. The number of unbranched alkanes of at least 4 members (excludes halogenated alkanes) is 4. The van der Waals surface area contributed by atoms with Gasteiger partial charge in [0.25, 0.3) is 0 Å². The van der Waals surface area contributed by atoms with Gasteiger partial charge >= 0.3 is 0 Å². The first-order valence-electron chi connectivity index (χ1n) is 9.63. The lowest BCUT2D eigenvalue weighted by Gasteiger charge is -2.19. The summed E-state index contributed by atoms with van der Waals surface area (Å²) in [4.78, 5) is 25.4. The SMILES string of the molecule is CCCCCCCC(CC)SCCCN1C(=O)CCCCC1=O. The highest BCUT2D eigenvalue weighted by Crippen LogP contribution is 2.22. The van der Waals surface area contributed by atoms with Crippen molar-refractivity contribution in [3.8, 4) is 0 Å². The monoisotopic (exact) mass is 341 g/mol. The Kier molecular flexibility index (Phi) is 11.5. The van der Waals surface area contributed by atoms with Crippen LogP contribution in [0.4, 0.5) is 0 Å². The predicted molar refractivity (Wildman–Crippen MR) is 99.7 cm³/mol. The molecule has 1 atom stereocenters. The largest absolute Gasteiger partial charge is 0.283 e. The van der Waals surface area contributed by atoms with Crippen molar-refractivity contribution in [2.24, 2.45) is 0 Å². The molecule has 4 heteroatoms. The second-order valence-electron chi connectivity index (χ2n) is 6.60. The van der Waals surface area contributed by atoms with Gasteiger partial charge in [-0.2, -0.15) is 11.8 Å². The van der Waals surface area contributed by atoms with Gasteiger partial charge in [0.15, 0.2) is 0 Å². The van der Waals surface area contributed by atoms with Gasteiger partial charge in [0.2, 0.25) is 11.8 Å². The summed E-state index contributed by atoms with van der Waals surface area (Å²) in [7, 11) is 0. The maximum atomic E-state index is 11.9. The summed E-state index contributed by atoms with van der Waals surface area (Å²) < 4.78 is 0. The lowest BCUT2D eigenvalue weighted by atomic mass is 10.1. The summed E-state index contributed by atoms with van der Waals surface area (Å²) in [5.74, 6) is 1.14. The first-order valence-corrected chi connectivity index (χ1v) is 10.7. The molecule has 0 aromatic rings. The fourth-order valence-corrected chi connectivity index (χ4v) is 4.26. The molecule has 1 aliphatic rings. The molecule has 0 bridgehead atoms. The average Bonchev–Trinajstić information content (AvgIpc) is 2.71. The average molecular weight is 342 g/mol. The number of carbonyl (C=O) groups is 2. The van der Waals surface area contributed by atoms with Crippen LogP contribution in [0.15, 0.2) is 0 Å². The Balaban J connectivity index is 2.15. The van der Waals surface area contributed by atoms with Gasteiger partial charge in [0.1, 0.15) is 0 Å². The lowest BCUT2D eigenvalue weighted by molar-refractivity contribution is -0.143. The minimum atomic E-state index is 0.0421. The molecule has 2 amide bonds. The van der Waals surface area contributed by atoms with Crippen molar-refractivity contribution < 1.29 is 9.59 Å². The highest BCUT2D eigenvalue weighted by Gasteiger charge is 2.23. The van der Waals surface area contributed by atoms with E-state index in [1.807, 2.05) is 11.8 Å². The van der Waals surface area contributed by atoms with Crippen molar-refractivity contribution >= 4 is 23.6 Å². The number of carbonyl (C=O) groups excluding carboxylic acids is 2. The summed E-state index contributed by atoms with van der Waals surface area (Å²) in [6.45, 7) is 5.15. The van der Waals surface area contributed by atoms with E-state index in [0.29, 0.717) is 19.4 Å². The Morgan fingerprint density at radius 2 is 1.61 bits per heavy atom. The van der Waals surface area contributed by atoms with Crippen LogP contribution in [0.2, 0.25) is 0 Å². The molecule has 1 aliphatic heterocycles. The van der Waals surface area contributed by atoms with E-state index in [4.69, 9.17) is 0 Å². The van der Waals surface area contributed by atoms with E-state index in [2.05, 4.69) is 13.8 Å². The normalized spacial score (nSPS) is 17.4. The number of hydrogen-bond donors (Lipinski definition) is 0. The van der Waals surface area contributed by atoms with Crippen molar-refractivity contribution in [2.75, 3.05) is 12.3 Å². The zero-order valence-corrected chi connectivity index (χ0v) is 16.0. The first kappa shape index (κ1) is 20.5. The maximum absolute atomic E-state index is 11.9. The first-order chi connectivity index (χ1) is 11.2. The van der Waals surface area contributed by atoms with Gasteiger partial charge in [-0.25, -0.2) is 0 Å². The number of rotatable bonds is 12. The van der Waals surface area contributed by atoms with Crippen molar-refractivity contribution in [1.82, 2.24) is 4.90 Å². The maximum Gasteiger partial charge on any atom is 0.229 e. The van der Waals surface area contributed by atoms with E-state index in [1.165, 1.54) is 49.8 Å². The molecule has 0 aromatic heterocycles. The molecule has 1 fully saturated rings. The Bertz CT molecular complexity index is 328. The van der Waals surface area contributed by atoms with E-state index in [-0.39, 0.29) is 11.8 Å². The van der Waals surface area contributed by atoms with Crippen LogP contribution in [0.25, 0.3) is 0 Å². The van der Waals surface area contributed by atoms with Crippen LogP contribution in [0.3, 0.4) is 0 Å². The summed E-state index contributed by atoms with van der Waals surface area (Å²) in [6, 6.07) is 0. The summed E-state index contributed by atoms with van der Waals surface area (Å²) in [6.07, 6.45) is 13.1. The Hall–Kier alpha value is -0.510. The smallest absolute Gasteiger partial charge is 0.229 e. The molecule has 1 rings (SSSR count). The zero-order valence-electron chi connectivity index (χ0n) is 15.1. The number of hydrogen-bond acceptors (Lipinski definition) is 3. The van der Waals surface area contributed by atoms with Crippen LogP contribution in [-0.4, -0.2) is 34.3 Å². The molecule has 1 heterocycles. The van der Waals surface area contributed by atoms with E-state index >= 15 is 0 Å². The quantitative estimate of drug-likeness (QED) is 0.363. The second kappa shape index (κ2) is 12.9. The third kappa shape index (κ3) is 8.78. The number of likely N-dealkylation sites (tertiary alicyclic amines) is 1. The number of nitrogens with zero attached hydrogens (tertiary/aromatic N) is 1. The summed E-state index contributed by atoms with van der Waals surface area (Å²) in [5, 5.41) is 0.743. The standard InChI is InChI=1S/C19H35NO2S/c1-3-5-6-7-8-12-17(4-2)23-16-11-15-20-18(21)13-9-10-14-19(20)22/h17H,3-16H2,1-2H3. The van der Waals surface area contributed by atoms with Gasteiger partial charge in [-0.15, -0.1) is 0 Å². The fourth-order valence-electron chi connectivity index (χ4n) is 3.06. The molecule has 0 N–H and O–H groups in total. The van der Waals surface area contributed by atoms with Crippen LogP contribution in [0, 0.1) is 0 Å². The third-order valence-corrected chi connectivity index (χ3v) is 6.16. The van der Waals surface area contributed by atoms with Crippen molar-refractivity contribution in [2.45, 2.75) is 96.1 Å². The van der Waals surface area contributed by atoms with Crippen molar-refractivity contribution in [1.29, 1.82) is 0 Å². The van der Waals surface area contributed by atoms with Gasteiger partial charge in [-0.1, -0.05) is 46.0 Å². The van der Waals surface area contributed by atoms with Gasteiger partial charge in [-0.05, 0) is 37.9 Å². The Morgan fingerprint density at radius 1 is 0.957 bits per heavy atom. The molecule has 1 saturated heterocycles. The van der Waals surface area contributed by atoms with Crippen LogP contribution < -0.4 is 0 Å². The van der Waals surface area contributed by atoms with Gasteiger partial charge in [0, 0.05) is 24.6 Å². The molecular weight excluding hydrogens is 306 g/mol. The molecule has 23 heavy (non-hydrogen) atoms. The lowest BCUT2D eigenvalue weighted by Crippen LogP contribution is -2.36. The van der Waals surface area contributed by atoms with E-state index < -0.39 is 0 Å². The van der Waals surface area contributed by atoms with Crippen LogP contribution >= 0.6 is 11.8 Å². The number of imide groups is 1. The highest BCUT2D eigenvalue weighted by molar-refractivity contribution is 7.99. The number of thioether (sulfide) groups is 1. The molecule has 0 spiro atoms. The Labute approximate surface area is 147 Å². The van der Waals surface area contributed by atoms with Crippen molar-refractivity contribution in [3.05, 3.63) is 0 Å². The summed E-state index contributed by atoms with van der Waals surface area (Å²) in [5.41, 5.74) is 0. The number of amides is 2. The van der Waals surface area contributed by atoms with Crippen LogP contribution in [0.5, 0.6) is 0 Å². The van der Waals surface area contributed by atoms with Crippen molar-refractivity contribution in [3.63, 3.8) is 0 Å². The van der Waals surface area contributed by atoms with Gasteiger partial charge in [-0.3, -0.25) is 14.5 Å². The van der Waals surface area contributed by atoms with E-state index in [0.717, 1.165) is 30.3 Å². The molecule has 0 aliphatic carbocycles. The van der Waals surface area contributed by atoms with E-state index in [1.54, 1.807) is 0 Å². The van der Waals surface area contributed by atoms with E-state index in [9.17, 15) is 9.59 Å². The minimum Gasteiger partial charge on any atom is -0.283 e. The molecule has 1 unspecified atom stereocenters. The molecule has 0 aromatic carbocycles. The topological polar surface area (TPSA) is 37.4 Å². The second-order valence-corrected chi connectivity index (χ2v) is 8.01. The molecule has 134 valence electrons. The molecule has 0 saturated carbocycles. The Morgan fingerprint density at radius 3 is 2.22 bits per heavy atom. The fraction of sp³-hybridized carbons (Fsp3) is 0.895. The molecule has 3 nitrogen and oxygen atoms in total. The summed E-state index contributed by atoms with van der Waals surface area (Å²) >= 11 is 2.03. The molecule has 0 radical (unpaired) electrons. The van der Waals surface area contributed by atoms with Gasteiger partial charge in [0.05, 0.1) is 0 Å². The predicted octanol–water partition coefficient (Wildman–Crippen LogP) is 5.18. The highest BCUT2D eigenvalue weighted by atomic mass is 32.2. The minimum absolute atomic E-state index is 0.0421. The zero-order chi connectivity index (χ0) is 16.9. The molecular formula is C19H35NO2S. The van der Waals surface area contributed by atoms with Crippen LogP contribution in [-0.2, 0) is 9.59 Å². The van der Waals surface area contributed by atoms with Gasteiger partial charge < -0.3 is 0 Å².